The molecule has 0 aromatic rings. The van der Waals surface area contributed by atoms with Gasteiger partial charge in [0.25, 0.3) is 0 Å². The largest absolute Gasteiger partial charge is 0.462 e. The van der Waals surface area contributed by atoms with Gasteiger partial charge in [-0.25, -0.2) is 0 Å². The summed E-state index contributed by atoms with van der Waals surface area (Å²) < 4.78 is 16.9. The number of allylic oxidation sites excluding steroid dienone is 8. The van der Waals surface area contributed by atoms with Crippen LogP contribution < -0.4 is 0 Å². The van der Waals surface area contributed by atoms with E-state index in [4.69, 9.17) is 14.2 Å². The first-order valence-corrected chi connectivity index (χ1v) is 29.1. The number of carbonyl (C=O) groups excluding carboxylic acids is 3. The summed E-state index contributed by atoms with van der Waals surface area (Å²) in [5.74, 6) is -0.885. The molecule has 6 heteroatoms. The monoisotopic (exact) mass is 939 g/mol. The first-order chi connectivity index (χ1) is 33.0. The van der Waals surface area contributed by atoms with Crippen molar-refractivity contribution in [2.45, 2.75) is 309 Å². The third-order valence-electron chi connectivity index (χ3n) is 12.8. The Bertz CT molecular complexity index is 1170. The Morgan fingerprint density at radius 2 is 0.537 bits per heavy atom. The molecule has 0 rings (SSSR count). The van der Waals surface area contributed by atoms with Gasteiger partial charge >= 0.3 is 17.9 Å². The van der Waals surface area contributed by atoms with Crippen LogP contribution in [0.25, 0.3) is 0 Å². The molecule has 0 aliphatic heterocycles. The molecule has 0 radical (unpaired) electrons. The fourth-order valence-corrected chi connectivity index (χ4v) is 8.39. The number of ether oxygens (including phenoxy) is 3. The first-order valence-electron chi connectivity index (χ1n) is 29.1. The molecule has 6 nitrogen and oxygen atoms in total. The maximum atomic E-state index is 12.8. The summed E-state index contributed by atoms with van der Waals surface area (Å²) in [7, 11) is 0. The Balaban J connectivity index is 4.37. The molecule has 0 aromatic heterocycles. The standard InChI is InChI=1S/C61H110O6/c1-4-7-10-13-16-19-22-25-28-30-33-35-38-41-44-47-50-53-59(62)65-56-58(67-61(64)55-52-49-46-43-40-37-32-27-24-21-18-15-12-9-6-3)57-66-60(63)54-51-48-45-42-39-36-34-31-29-26-23-20-17-14-11-8-5-2/h16,18-19,21,25,27-28,32,58H,4-15,17,20,22-24,26,29-31,33-57H2,1-3H3/b19-16-,21-18-,28-25-,32-27-/t58-/m1/s1. The minimum atomic E-state index is -0.782. The predicted molar refractivity (Wildman–Crippen MR) is 289 cm³/mol. The molecular weight excluding hydrogens is 829 g/mol. The van der Waals surface area contributed by atoms with E-state index in [-0.39, 0.29) is 31.1 Å². The Labute approximate surface area is 416 Å². The minimum absolute atomic E-state index is 0.0784. The van der Waals surface area contributed by atoms with E-state index in [1.54, 1.807) is 0 Å². The second-order valence-corrected chi connectivity index (χ2v) is 19.6. The molecule has 0 saturated carbocycles. The topological polar surface area (TPSA) is 78.9 Å². The van der Waals surface area contributed by atoms with Crippen LogP contribution in [0.2, 0.25) is 0 Å². The summed E-state index contributed by atoms with van der Waals surface area (Å²) >= 11 is 0. The lowest BCUT2D eigenvalue weighted by Gasteiger charge is -2.18. The van der Waals surface area contributed by atoms with E-state index in [9.17, 15) is 14.4 Å². The molecular formula is C61H110O6. The van der Waals surface area contributed by atoms with E-state index < -0.39 is 6.10 Å². The smallest absolute Gasteiger partial charge is 0.306 e. The maximum Gasteiger partial charge on any atom is 0.306 e. The first kappa shape index (κ1) is 64.4. The van der Waals surface area contributed by atoms with Crippen LogP contribution in [0.4, 0.5) is 0 Å². The molecule has 0 fully saturated rings. The lowest BCUT2D eigenvalue weighted by Crippen LogP contribution is -2.30. The van der Waals surface area contributed by atoms with Crippen molar-refractivity contribution < 1.29 is 28.6 Å². The zero-order valence-corrected chi connectivity index (χ0v) is 44.7. The summed E-state index contributed by atoms with van der Waals surface area (Å²) in [6.07, 6.45) is 68.1. The normalized spacial score (nSPS) is 12.3. The van der Waals surface area contributed by atoms with Crippen LogP contribution in [-0.2, 0) is 28.6 Å². The quantitative estimate of drug-likeness (QED) is 0.0262. The van der Waals surface area contributed by atoms with Crippen molar-refractivity contribution in [3.63, 3.8) is 0 Å². The molecule has 0 unspecified atom stereocenters. The highest BCUT2D eigenvalue weighted by molar-refractivity contribution is 5.71. The lowest BCUT2D eigenvalue weighted by atomic mass is 10.0. The van der Waals surface area contributed by atoms with Crippen LogP contribution in [0.15, 0.2) is 48.6 Å². The van der Waals surface area contributed by atoms with Gasteiger partial charge in [-0.05, 0) is 83.5 Å². The highest BCUT2D eigenvalue weighted by Crippen LogP contribution is 2.16. The van der Waals surface area contributed by atoms with Gasteiger partial charge in [-0.1, -0.05) is 249 Å². The van der Waals surface area contributed by atoms with Crippen molar-refractivity contribution >= 4 is 17.9 Å². The van der Waals surface area contributed by atoms with Crippen LogP contribution in [0.5, 0.6) is 0 Å². The molecule has 1 atom stereocenters. The fraction of sp³-hybridized carbons (Fsp3) is 0.820. The van der Waals surface area contributed by atoms with Crippen molar-refractivity contribution in [3.05, 3.63) is 48.6 Å². The van der Waals surface area contributed by atoms with Gasteiger partial charge in [0.2, 0.25) is 0 Å². The molecule has 0 saturated heterocycles. The average molecular weight is 940 g/mol. The highest BCUT2D eigenvalue weighted by atomic mass is 16.6. The molecule has 0 spiro atoms. The van der Waals surface area contributed by atoms with E-state index in [0.717, 1.165) is 96.3 Å². The summed E-state index contributed by atoms with van der Waals surface area (Å²) in [6.45, 7) is 6.61. The van der Waals surface area contributed by atoms with Gasteiger partial charge < -0.3 is 14.2 Å². The van der Waals surface area contributed by atoms with Crippen molar-refractivity contribution in [1.29, 1.82) is 0 Å². The van der Waals surface area contributed by atoms with Gasteiger partial charge in [-0.3, -0.25) is 14.4 Å². The fourth-order valence-electron chi connectivity index (χ4n) is 8.39. The van der Waals surface area contributed by atoms with Crippen LogP contribution in [0, 0.1) is 0 Å². The Hall–Kier alpha value is -2.63. The molecule has 390 valence electrons. The Morgan fingerprint density at radius 1 is 0.299 bits per heavy atom. The van der Waals surface area contributed by atoms with E-state index >= 15 is 0 Å². The molecule has 0 heterocycles. The third-order valence-corrected chi connectivity index (χ3v) is 12.8. The second-order valence-electron chi connectivity index (χ2n) is 19.6. The maximum absolute atomic E-state index is 12.8. The number of unbranched alkanes of at least 4 members (excludes halogenated alkanes) is 34. The van der Waals surface area contributed by atoms with Gasteiger partial charge in [-0.15, -0.1) is 0 Å². The minimum Gasteiger partial charge on any atom is -0.462 e. The van der Waals surface area contributed by atoms with E-state index in [1.807, 2.05) is 0 Å². The predicted octanol–water partition coefficient (Wildman–Crippen LogP) is 19.4. The van der Waals surface area contributed by atoms with Gasteiger partial charge in [0.1, 0.15) is 13.2 Å². The van der Waals surface area contributed by atoms with E-state index in [1.165, 1.54) is 167 Å². The van der Waals surface area contributed by atoms with E-state index in [0.29, 0.717) is 19.3 Å². The van der Waals surface area contributed by atoms with Crippen molar-refractivity contribution in [2.75, 3.05) is 13.2 Å². The number of carbonyl (C=O) groups is 3. The van der Waals surface area contributed by atoms with Crippen molar-refractivity contribution in [3.8, 4) is 0 Å². The number of rotatable bonds is 53. The summed E-state index contributed by atoms with van der Waals surface area (Å²) in [4.78, 5) is 38.2. The zero-order chi connectivity index (χ0) is 48.6. The molecule has 0 amide bonds. The Kier molecular flexibility index (Phi) is 53.8. The van der Waals surface area contributed by atoms with Gasteiger partial charge in [0.05, 0.1) is 0 Å². The number of hydrogen-bond acceptors (Lipinski definition) is 6. The molecule has 67 heavy (non-hydrogen) atoms. The summed E-state index contributed by atoms with van der Waals surface area (Å²) in [5.41, 5.74) is 0. The molecule has 0 aliphatic rings. The second kappa shape index (κ2) is 56.0. The third kappa shape index (κ3) is 54.2. The average Bonchev–Trinajstić information content (AvgIpc) is 3.33. The van der Waals surface area contributed by atoms with Crippen LogP contribution >= 0.6 is 0 Å². The van der Waals surface area contributed by atoms with Gasteiger partial charge in [0.15, 0.2) is 6.10 Å². The van der Waals surface area contributed by atoms with Crippen molar-refractivity contribution in [1.82, 2.24) is 0 Å². The summed E-state index contributed by atoms with van der Waals surface area (Å²) in [6, 6.07) is 0. The van der Waals surface area contributed by atoms with Crippen molar-refractivity contribution in [2.24, 2.45) is 0 Å². The molecule has 0 bridgehead atoms. The van der Waals surface area contributed by atoms with Crippen LogP contribution in [0.3, 0.4) is 0 Å². The Morgan fingerprint density at radius 3 is 0.851 bits per heavy atom. The zero-order valence-electron chi connectivity index (χ0n) is 44.7. The SMILES string of the molecule is CCCCC/C=C\C/C=C\CCCCCCCCCC(=O)OC[C@H](COC(=O)CCCCCCCCCCCCCCCCCCC)OC(=O)CCCCCCC/C=C\C/C=C\CCCCC. The lowest BCUT2D eigenvalue weighted by molar-refractivity contribution is -0.167. The van der Waals surface area contributed by atoms with Gasteiger partial charge in [-0.2, -0.15) is 0 Å². The number of esters is 3. The highest BCUT2D eigenvalue weighted by Gasteiger charge is 2.19. The molecule has 0 aromatic carbocycles. The van der Waals surface area contributed by atoms with E-state index in [2.05, 4.69) is 69.4 Å². The van der Waals surface area contributed by atoms with Crippen LogP contribution in [0.1, 0.15) is 303 Å². The molecule has 0 N–H and O–H groups in total. The van der Waals surface area contributed by atoms with Crippen LogP contribution in [-0.4, -0.2) is 37.2 Å². The number of hydrogen-bond donors (Lipinski definition) is 0. The van der Waals surface area contributed by atoms with Gasteiger partial charge in [0, 0.05) is 19.3 Å². The molecule has 0 aliphatic carbocycles. The summed E-state index contributed by atoms with van der Waals surface area (Å²) in [5, 5.41) is 0.